The molecule has 0 aliphatic carbocycles. The zero-order valence-electron chi connectivity index (χ0n) is 13.4. The van der Waals surface area contributed by atoms with Gasteiger partial charge in [0, 0.05) is 19.9 Å². The average molecular weight is 316 g/mol. The minimum absolute atomic E-state index is 0.267. The van der Waals surface area contributed by atoms with Gasteiger partial charge in [0.15, 0.2) is 0 Å². The van der Waals surface area contributed by atoms with Crippen LogP contribution < -0.4 is 15.4 Å². The molecule has 0 radical (unpaired) electrons. The second-order valence-corrected chi connectivity index (χ2v) is 4.84. The molecular weight excluding hydrogens is 296 g/mol. The predicted molar refractivity (Wildman–Crippen MR) is 88.1 cm³/mol. The topological polar surface area (TPSA) is 85.4 Å². The van der Waals surface area contributed by atoms with Crippen molar-refractivity contribution in [1.29, 1.82) is 0 Å². The minimum atomic E-state index is -0.328. The van der Waals surface area contributed by atoms with Gasteiger partial charge in [-0.05, 0) is 30.7 Å². The fourth-order valence-electron chi connectivity index (χ4n) is 1.94. The van der Waals surface area contributed by atoms with Gasteiger partial charge in [-0.1, -0.05) is 6.07 Å². The van der Waals surface area contributed by atoms with Gasteiger partial charge in [0.05, 0.1) is 19.4 Å². The highest BCUT2D eigenvalue weighted by Crippen LogP contribution is 2.25. The number of carbonyl (C=O) groups excluding carboxylic acids is 1. The van der Waals surface area contributed by atoms with Crippen molar-refractivity contribution in [2.45, 2.75) is 6.92 Å². The summed E-state index contributed by atoms with van der Waals surface area (Å²) >= 11 is 0. The molecule has 7 nitrogen and oxygen atoms in total. The van der Waals surface area contributed by atoms with Crippen molar-refractivity contribution >= 4 is 17.5 Å². The Hall–Kier alpha value is -2.67. The first-order valence-electron chi connectivity index (χ1n) is 7.16. The van der Waals surface area contributed by atoms with E-state index in [0.717, 1.165) is 5.56 Å². The molecule has 0 spiro atoms. The predicted octanol–water partition coefficient (Wildman–Crippen LogP) is 2.10. The van der Waals surface area contributed by atoms with Crippen LogP contribution in [0.2, 0.25) is 0 Å². The van der Waals surface area contributed by atoms with Gasteiger partial charge in [-0.2, -0.15) is 0 Å². The van der Waals surface area contributed by atoms with Crippen LogP contribution in [-0.2, 0) is 4.74 Å². The van der Waals surface area contributed by atoms with Crippen molar-refractivity contribution in [2.75, 3.05) is 38.0 Å². The smallest absolute Gasteiger partial charge is 0.274 e. The lowest BCUT2D eigenvalue weighted by Crippen LogP contribution is -2.17. The number of methoxy groups -OCH3 is 2. The normalized spacial score (nSPS) is 10.2. The fraction of sp³-hybridized carbons (Fsp3) is 0.312. The van der Waals surface area contributed by atoms with Crippen molar-refractivity contribution < 1.29 is 14.3 Å². The van der Waals surface area contributed by atoms with E-state index in [4.69, 9.17) is 9.47 Å². The first-order valence-corrected chi connectivity index (χ1v) is 7.16. The zero-order chi connectivity index (χ0) is 16.7. The molecule has 2 rings (SSSR count). The molecule has 2 N–H and O–H groups in total. The fourth-order valence-corrected chi connectivity index (χ4v) is 1.94. The molecule has 7 heteroatoms. The molecule has 2 aromatic rings. The Labute approximate surface area is 135 Å². The van der Waals surface area contributed by atoms with Crippen molar-refractivity contribution in [3.05, 3.63) is 41.7 Å². The van der Waals surface area contributed by atoms with E-state index < -0.39 is 0 Å². The van der Waals surface area contributed by atoms with Crippen LogP contribution in [0.3, 0.4) is 0 Å². The van der Waals surface area contributed by atoms with E-state index in [1.165, 1.54) is 6.20 Å². The van der Waals surface area contributed by atoms with Crippen LogP contribution in [-0.4, -0.2) is 43.2 Å². The molecule has 0 bridgehead atoms. The summed E-state index contributed by atoms with van der Waals surface area (Å²) in [6, 6.07) is 7.12. The number of carbonyl (C=O) groups is 1. The van der Waals surface area contributed by atoms with E-state index in [1.54, 1.807) is 20.3 Å². The maximum atomic E-state index is 12.4. The summed E-state index contributed by atoms with van der Waals surface area (Å²) in [4.78, 5) is 20.6. The van der Waals surface area contributed by atoms with Gasteiger partial charge in [0.2, 0.25) is 5.95 Å². The monoisotopic (exact) mass is 316 g/mol. The summed E-state index contributed by atoms with van der Waals surface area (Å²) in [5.74, 6) is 0.647. The van der Waals surface area contributed by atoms with E-state index in [-0.39, 0.29) is 11.6 Å². The molecule has 0 saturated heterocycles. The molecule has 1 aromatic heterocycles. The number of nitrogens with one attached hydrogen (secondary N) is 2. The first-order chi connectivity index (χ1) is 11.1. The lowest BCUT2D eigenvalue weighted by Gasteiger charge is -2.11. The molecule has 0 fully saturated rings. The number of anilines is 2. The van der Waals surface area contributed by atoms with Crippen molar-refractivity contribution in [3.63, 3.8) is 0 Å². The van der Waals surface area contributed by atoms with Crippen LogP contribution in [0.1, 0.15) is 16.1 Å². The van der Waals surface area contributed by atoms with Crippen molar-refractivity contribution in [1.82, 2.24) is 9.97 Å². The number of nitrogens with zero attached hydrogens (tertiary/aromatic N) is 2. The van der Waals surface area contributed by atoms with Crippen LogP contribution in [0.25, 0.3) is 0 Å². The standard InChI is InChI=1S/C16H20N4O3/c1-11-4-5-14(23-3)13(10-11)19-15(21)12-6-7-17-16(20-12)18-8-9-22-2/h4-7,10H,8-9H2,1-3H3,(H,19,21)(H,17,18,20). The molecule has 0 unspecified atom stereocenters. The second kappa shape index (κ2) is 8.09. The van der Waals surface area contributed by atoms with Gasteiger partial charge in [-0.3, -0.25) is 4.79 Å². The number of benzene rings is 1. The third-order valence-corrected chi connectivity index (χ3v) is 3.08. The molecule has 1 aromatic carbocycles. The van der Waals surface area contributed by atoms with Gasteiger partial charge in [-0.15, -0.1) is 0 Å². The largest absolute Gasteiger partial charge is 0.495 e. The maximum Gasteiger partial charge on any atom is 0.274 e. The molecule has 122 valence electrons. The quantitative estimate of drug-likeness (QED) is 0.761. The van der Waals surface area contributed by atoms with Gasteiger partial charge in [0.25, 0.3) is 5.91 Å². The lowest BCUT2D eigenvalue weighted by atomic mass is 10.2. The van der Waals surface area contributed by atoms with Crippen LogP contribution in [0, 0.1) is 6.92 Å². The lowest BCUT2D eigenvalue weighted by molar-refractivity contribution is 0.102. The number of amides is 1. The highest BCUT2D eigenvalue weighted by atomic mass is 16.5. The van der Waals surface area contributed by atoms with Gasteiger partial charge in [0.1, 0.15) is 11.4 Å². The number of rotatable bonds is 7. The van der Waals surface area contributed by atoms with E-state index >= 15 is 0 Å². The first kappa shape index (κ1) is 16.7. The van der Waals surface area contributed by atoms with Crippen molar-refractivity contribution in [2.24, 2.45) is 0 Å². The molecule has 23 heavy (non-hydrogen) atoms. The summed E-state index contributed by atoms with van der Waals surface area (Å²) in [6.07, 6.45) is 1.53. The van der Waals surface area contributed by atoms with Crippen molar-refractivity contribution in [3.8, 4) is 5.75 Å². The van der Waals surface area contributed by atoms with E-state index in [1.807, 2.05) is 25.1 Å². The zero-order valence-corrected chi connectivity index (χ0v) is 13.4. The Bertz CT molecular complexity index is 676. The average Bonchev–Trinajstić information content (AvgIpc) is 2.55. The van der Waals surface area contributed by atoms with E-state index in [2.05, 4.69) is 20.6 Å². The van der Waals surface area contributed by atoms with Gasteiger partial charge < -0.3 is 20.1 Å². The Morgan fingerprint density at radius 2 is 2.09 bits per heavy atom. The maximum absolute atomic E-state index is 12.4. The SMILES string of the molecule is COCCNc1nccc(C(=O)Nc2cc(C)ccc2OC)n1. The minimum Gasteiger partial charge on any atom is -0.495 e. The number of hydrogen-bond acceptors (Lipinski definition) is 6. The Balaban J connectivity index is 2.11. The highest BCUT2D eigenvalue weighted by molar-refractivity contribution is 6.03. The molecule has 0 aliphatic heterocycles. The van der Waals surface area contributed by atoms with E-state index in [0.29, 0.717) is 30.5 Å². The number of aryl methyl sites for hydroxylation is 1. The van der Waals surface area contributed by atoms with Gasteiger partial charge >= 0.3 is 0 Å². The van der Waals surface area contributed by atoms with Gasteiger partial charge in [-0.25, -0.2) is 9.97 Å². The number of hydrogen-bond donors (Lipinski definition) is 2. The molecule has 0 atom stereocenters. The Kier molecular flexibility index (Phi) is 5.87. The summed E-state index contributed by atoms with van der Waals surface area (Å²) in [5.41, 5.74) is 1.89. The second-order valence-electron chi connectivity index (χ2n) is 4.84. The third kappa shape index (κ3) is 4.65. The summed E-state index contributed by atoms with van der Waals surface area (Å²) < 4.78 is 10.2. The summed E-state index contributed by atoms with van der Waals surface area (Å²) in [5, 5.41) is 5.79. The van der Waals surface area contributed by atoms with Crippen LogP contribution in [0.4, 0.5) is 11.6 Å². The van der Waals surface area contributed by atoms with Crippen LogP contribution >= 0.6 is 0 Å². The molecule has 1 heterocycles. The summed E-state index contributed by atoms with van der Waals surface area (Å²) in [7, 11) is 3.17. The number of aromatic nitrogens is 2. The van der Waals surface area contributed by atoms with Crippen LogP contribution in [0.5, 0.6) is 5.75 Å². The van der Waals surface area contributed by atoms with Crippen LogP contribution in [0.15, 0.2) is 30.5 Å². The molecule has 0 aliphatic rings. The molecule has 1 amide bonds. The third-order valence-electron chi connectivity index (χ3n) is 3.08. The Morgan fingerprint density at radius 1 is 1.26 bits per heavy atom. The summed E-state index contributed by atoms with van der Waals surface area (Å²) in [6.45, 7) is 3.03. The molecule has 0 saturated carbocycles. The number of ether oxygens (including phenoxy) is 2. The Morgan fingerprint density at radius 3 is 2.83 bits per heavy atom. The molecular formula is C16H20N4O3. The van der Waals surface area contributed by atoms with E-state index in [9.17, 15) is 4.79 Å². The highest BCUT2D eigenvalue weighted by Gasteiger charge is 2.12.